The molecule has 0 amide bonds. The van der Waals surface area contributed by atoms with Crippen molar-refractivity contribution in [3.8, 4) is 0 Å². The summed E-state index contributed by atoms with van der Waals surface area (Å²) in [7, 11) is -8.78. The van der Waals surface area contributed by atoms with E-state index in [1.54, 1.807) is 4.72 Å². The predicted octanol–water partition coefficient (Wildman–Crippen LogP) is 1.06. The predicted molar refractivity (Wildman–Crippen MR) is 64.1 cm³/mol. The van der Waals surface area contributed by atoms with E-state index in [4.69, 9.17) is 5.14 Å². The lowest BCUT2D eigenvalue weighted by molar-refractivity contribution is 0.236. The van der Waals surface area contributed by atoms with E-state index in [2.05, 4.69) is 15.9 Å². The normalized spacial score (nSPS) is 12.7. The lowest BCUT2D eigenvalue weighted by atomic mass is 10.3. The van der Waals surface area contributed by atoms with E-state index in [1.165, 1.54) is 0 Å². The number of rotatable bonds is 4. The van der Waals surface area contributed by atoms with E-state index in [-0.39, 0.29) is 15.1 Å². The number of nitrogens with one attached hydrogen (secondary N) is 1. The van der Waals surface area contributed by atoms with Crippen LogP contribution >= 0.6 is 15.9 Å². The molecule has 102 valence electrons. The average molecular weight is 365 g/mol. The highest BCUT2D eigenvalue weighted by atomic mass is 79.9. The van der Waals surface area contributed by atoms with Gasteiger partial charge in [-0.1, -0.05) is 0 Å². The number of hydrogen-bond acceptors (Lipinski definition) is 4. The van der Waals surface area contributed by atoms with Crippen LogP contribution in [-0.2, 0) is 20.0 Å². The SMILES string of the molecule is NS(=O)(=O)c1ccc(NS(=O)(=O)C(F)F)cc1Br. The third-order valence-electron chi connectivity index (χ3n) is 1.73. The first-order chi connectivity index (χ1) is 8.04. The number of hydrogen-bond donors (Lipinski definition) is 2. The molecule has 0 saturated carbocycles. The van der Waals surface area contributed by atoms with Crippen LogP contribution in [0.15, 0.2) is 27.6 Å². The summed E-state index contributed by atoms with van der Waals surface area (Å²) in [6, 6.07) is 3.01. The molecular formula is C7H7BrF2N2O4S2. The summed E-state index contributed by atoms with van der Waals surface area (Å²) in [5.74, 6) is -3.59. The molecule has 0 heterocycles. The lowest BCUT2D eigenvalue weighted by Crippen LogP contribution is -2.20. The zero-order valence-corrected chi connectivity index (χ0v) is 11.7. The molecule has 0 fully saturated rings. The van der Waals surface area contributed by atoms with Crippen LogP contribution in [0.2, 0.25) is 0 Å². The van der Waals surface area contributed by atoms with Crippen LogP contribution in [0.3, 0.4) is 0 Å². The van der Waals surface area contributed by atoms with E-state index in [9.17, 15) is 25.6 Å². The van der Waals surface area contributed by atoms with Crippen molar-refractivity contribution in [2.75, 3.05) is 4.72 Å². The molecule has 1 aromatic carbocycles. The van der Waals surface area contributed by atoms with Crippen LogP contribution in [0.25, 0.3) is 0 Å². The third-order valence-corrected chi connectivity index (χ3v) is 4.61. The highest BCUT2D eigenvalue weighted by molar-refractivity contribution is 9.10. The first-order valence-corrected chi connectivity index (χ1v) is 8.05. The number of alkyl halides is 2. The van der Waals surface area contributed by atoms with Crippen molar-refractivity contribution in [2.24, 2.45) is 5.14 Å². The minimum Gasteiger partial charge on any atom is -0.279 e. The maximum Gasteiger partial charge on any atom is 0.355 e. The molecule has 1 rings (SSSR count). The Kier molecular flexibility index (Phi) is 4.30. The second kappa shape index (κ2) is 5.07. The Balaban J connectivity index is 3.15. The largest absolute Gasteiger partial charge is 0.355 e. The Morgan fingerprint density at radius 2 is 1.78 bits per heavy atom. The molecule has 18 heavy (non-hydrogen) atoms. The molecule has 0 aromatic heterocycles. The first-order valence-electron chi connectivity index (χ1n) is 4.16. The van der Waals surface area contributed by atoms with E-state index in [1.807, 2.05) is 0 Å². The second-order valence-corrected chi connectivity index (χ2v) is 7.13. The number of sulfonamides is 2. The molecule has 1 aromatic rings. The van der Waals surface area contributed by atoms with Crippen molar-refractivity contribution in [3.63, 3.8) is 0 Å². The summed E-state index contributed by atoms with van der Waals surface area (Å²) in [6.07, 6.45) is 0. The maximum atomic E-state index is 12.1. The van der Waals surface area contributed by atoms with Gasteiger partial charge in [0.1, 0.15) is 0 Å². The van der Waals surface area contributed by atoms with Crippen molar-refractivity contribution in [1.82, 2.24) is 0 Å². The molecule has 0 aliphatic rings. The minimum absolute atomic E-state index is 0.0422. The van der Waals surface area contributed by atoms with Crippen molar-refractivity contribution < 1.29 is 25.6 Å². The van der Waals surface area contributed by atoms with Crippen molar-refractivity contribution in [1.29, 1.82) is 0 Å². The summed E-state index contributed by atoms with van der Waals surface area (Å²) >= 11 is 2.85. The number of benzene rings is 1. The summed E-state index contributed by atoms with van der Waals surface area (Å²) in [4.78, 5) is -0.289. The molecule has 0 saturated heterocycles. The fourth-order valence-electron chi connectivity index (χ4n) is 1.00. The Bertz CT molecular complexity index is 660. The quantitative estimate of drug-likeness (QED) is 0.832. The van der Waals surface area contributed by atoms with Crippen molar-refractivity contribution in [2.45, 2.75) is 10.7 Å². The number of primary sulfonamides is 1. The minimum atomic E-state index is -4.80. The topological polar surface area (TPSA) is 106 Å². The molecule has 0 unspecified atom stereocenters. The summed E-state index contributed by atoms with van der Waals surface area (Å²) in [5.41, 5.74) is -0.213. The molecule has 0 spiro atoms. The zero-order chi connectivity index (χ0) is 14.1. The Hall–Kier alpha value is -0.780. The molecular weight excluding hydrogens is 358 g/mol. The number of anilines is 1. The van der Waals surface area contributed by atoms with E-state index in [0.717, 1.165) is 18.2 Å². The highest BCUT2D eigenvalue weighted by Gasteiger charge is 2.24. The fourth-order valence-corrected chi connectivity index (χ4v) is 3.19. The van der Waals surface area contributed by atoms with Crippen LogP contribution in [0.5, 0.6) is 0 Å². The van der Waals surface area contributed by atoms with Gasteiger partial charge in [0.2, 0.25) is 10.0 Å². The third kappa shape index (κ3) is 3.60. The van der Waals surface area contributed by atoms with Crippen LogP contribution in [0, 0.1) is 0 Å². The van der Waals surface area contributed by atoms with Gasteiger partial charge in [0.25, 0.3) is 10.0 Å². The van der Waals surface area contributed by atoms with Gasteiger partial charge in [-0.3, -0.25) is 4.72 Å². The molecule has 6 nitrogen and oxygen atoms in total. The van der Waals surface area contributed by atoms with Gasteiger partial charge in [0, 0.05) is 10.2 Å². The standard InChI is InChI=1S/C7H7BrF2N2O4S2/c8-5-3-4(12-18(15,16)7(9)10)1-2-6(5)17(11,13)14/h1-3,7,12H,(H2,11,13,14). The van der Waals surface area contributed by atoms with E-state index in [0.29, 0.717) is 0 Å². The monoisotopic (exact) mass is 364 g/mol. The van der Waals surface area contributed by atoms with E-state index < -0.39 is 25.8 Å². The summed E-state index contributed by atoms with van der Waals surface area (Å²) in [6.45, 7) is 0. The van der Waals surface area contributed by atoms with Gasteiger partial charge in [-0.05, 0) is 34.1 Å². The molecule has 3 N–H and O–H groups in total. The van der Waals surface area contributed by atoms with Crippen molar-refractivity contribution in [3.05, 3.63) is 22.7 Å². The second-order valence-electron chi connectivity index (χ2n) is 3.10. The van der Waals surface area contributed by atoms with Gasteiger partial charge in [0.05, 0.1) is 4.90 Å². The van der Waals surface area contributed by atoms with Gasteiger partial charge in [0.15, 0.2) is 0 Å². The van der Waals surface area contributed by atoms with Gasteiger partial charge in [-0.15, -0.1) is 0 Å². The molecule has 0 bridgehead atoms. The van der Waals surface area contributed by atoms with Crippen LogP contribution in [-0.4, -0.2) is 22.6 Å². The Morgan fingerprint density at radius 3 is 2.17 bits per heavy atom. The lowest BCUT2D eigenvalue weighted by Gasteiger charge is -2.08. The number of nitrogens with two attached hydrogens (primary N) is 1. The number of halogens is 3. The average Bonchev–Trinajstić information content (AvgIpc) is 2.14. The fraction of sp³-hybridized carbons (Fsp3) is 0.143. The van der Waals surface area contributed by atoms with Crippen LogP contribution < -0.4 is 9.86 Å². The van der Waals surface area contributed by atoms with Gasteiger partial charge < -0.3 is 0 Å². The molecule has 0 aliphatic carbocycles. The van der Waals surface area contributed by atoms with Crippen molar-refractivity contribution >= 4 is 41.7 Å². The van der Waals surface area contributed by atoms with Crippen LogP contribution in [0.1, 0.15) is 0 Å². The Morgan fingerprint density at radius 1 is 1.22 bits per heavy atom. The maximum absolute atomic E-state index is 12.1. The highest BCUT2D eigenvalue weighted by Crippen LogP contribution is 2.25. The zero-order valence-electron chi connectivity index (χ0n) is 8.47. The summed E-state index contributed by atoms with van der Waals surface area (Å²) in [5, 5.41) is 4.87. The summed E-state index contributed by atoms with van der Waals surface area (Å²) < 4.78 is 69.6. The van der Waals surface area contributed by atoms with Gasteiger partial charge >= 0.3 is 5.76 Å². The van der Waals surface area contributed by atoms with E-state index >= 15 is 0 Å². The first kappa shape index (κ1) is 15.3. The Labute approximate surface area is 110 Å². The van der Waals surface area contributed by atoms with Crippen LogP contribution in [0.4, 0.5) is 14.5 Å². The molecule has 0 atom stereocenters. The molecule has 0 aliphatic heterocycles. The smallest absolute Gasteiger partial charge is 0.279 e. The molecule has 0 radical (unpaired) electrons. The van der Waals surface area contributed by atoms with Gasteiger partial charge in [-0.25, -0.2) is 22.0 Å². The molecule has 11 heteroatoms. The van der Waals surface area contributed by atoms with Gasteiger partial charge in [-0.2, -0.15) is 8.78 Å².